The van der Waals surface area contributed by atoms with Crippen molar-refractivity contribution in [1.29, 1.82) is 0 Å². The molecule has 0 unspecified atom stereocenters. The van der Waals surface area contributed by atoms with Crippen LogP contribution in [0.4, 0.5) is 0 Å². The van der Waals surface area contributed by atoms with E-state index in [0.29, 0.717) is 9.33 Å². The summed E-state index contributed by atoms with van der Waals surface area (Å²) in [5.74, 6) is -0.970. The molecule has 33 heavy (non-hydrogen) atoms. The largest absolute Gasteiger partial charge is 0.478 e. The third kappa shape index (κ3) is 3.32. The van der Waals surface area contributed by atoms with E-state index < -0.39 is 5.97 Å². The number of nitrogens with zero attached hydrogens (tertiary/aromatic N) is 2. The second-order valence-corrected chi connectivity index (χ2v) is 10.0. The molecule has 0 amide bonds. The summed E-state index contributed by atoms with van der Waals surface area (Å²) in [5, 5.41) is 11.2. The van der Waals surface area contributed by atoms with Crippen molar-refractivity contribution >= 4 is 40.4 Å². The van der Waals surface area contributed by atoms with Crippen molar-refractivity contribution in [3.8, 4) is 0 Å². The molecule has 5 nitrogen and oxygen atoms in total. The van der Waals surface area contributed by atoms with Crippen molar-refractivity contribution in [2.24, 2.45) is 4.99 Å². The lowest BCUT2D eigenvalue weighted by Gasteiger charge is -2.30. The number of allylic oxidation sites excluding steroid dienone is 1. The molecule has 2 aromatic carbocycles. The number of carboxylic acid groups (broad SMARTS) is 1. The highest BCUT2D eigenvalue weighted by atomic mass is 32.1. The Kier molecular flexibility index (Phi) is 4.74. The van der Waals surface area contributed by atoms with Crippen molar-refractivity contribution in [1.82, 2.24) is 4.57 Å². The maximum Gasteiger partial charge on any atom is 0.335 e. The highest BCUT2D eigenvalue weighted by molar-refractivity contribution is 7.10. The van der Waals surface area contributed by atoms with Gasteiger partial charge in [-0.1, -0.05) is 53.8 Å². The summed E-state index contributed by atoms with van der Waals surface area (Å²) in [6.07, 6.45) is 3.63. The number of thiazole rings is 1. The molecule has 4 aromatic rings. The van der Waals surface area contributed by atoms with Crippen molar-refractivity contribution < 1.29 is 9.90 Å². The van der Waals surface area contributed by atoms with Gasteiger partial charge >= 0.3 is 5.97 Å². The van der Waals surface area contributed by atoms with E-state index in [1.807, 2.05) is 28.2 Å². The molecule has 7 heteroatoms. The van der Waals surface area contributed by atoms with Gasteiger partial charge in [0.15, 0.2) is 4.80 Å². The van der Waals surface area contributed by atoms with E-state index >= 15 is 0 Å². The van der Waals surface area contributed by atoms with Crippen LogP contribution in [0, 0.1) is 0 Å². The SMILES string of the molecule is O=C(O)c1ccc(/C=c2/sc3n(c2=O)[C@@H](c2cccs2)C2=C(N=3)c3ccccc3CC2)cc1. The summed E-state index contributed by atoms with van der Waals surface area (Å²) in [7, 11) is 0. The summed E-state index contributed by atoms with van der Waals surface area (Å²) in [6, 6.07) is 18.9. The number of aryl methyl sites for hydroxylation is 1. The smallest absolute Gasteiger partial charge is 0.335 e. The Bertz CT molecular complexity index is 1610. The number of carboxylic acids is 1. The van der Waals surface area contributed by atoms with Gasteiger partial charge in [0, 0.05) is 10.4 Å². The van der Waals surface area contributed by atoms with Crippen LogP contribution in [0.5, 0.6) is 0 Å². The number of aromatic carboxylic acids is 1. The van der Waals surface area contributed by atoms with E-state index in [9.17, 15) is 9.59 Å². The Morgan fingerprint density at radius 1 is 1.06 bits per heavy atom. The summed E-state index contributed by atoms with van der Waals surface area (Å²) in [4.78, 5) is 31.6. The van der Waals surface area contributed by atoms with Crippen LogP contribution in [0.3, 0.4) is 0 Å². The quantitative estimate of drug-likeness (QED) is 0.491. The number of rotatable bonds is 3. The average molecular weight is 471 g/mol. The molecule has 0 bridgehead atoms. The minimum atomic E-state index is -0.970. The van der Waals surface area contributed by atoms with Gasteiger partial charge in [0.05, 0.1) is 21.8 Å². The summed E-state index contributed by atoms with van der Waals surface area (Å²) in [6.45, 7) is 0. The van der Waals surface area contributed by atoms with E-state index in [2.05, 4.69) is 24.3 Å². The predicted molar refractivity (Wildman–Crippen MR) is 130 cm³/mol. The van der Waals surface area contributed by atoms with Gasteiger partial charge in [0.2, 0.25) is 0 Å². The van der Waals surface area contributed by atoms with E-state index in [4.69, 9.17) is 10.1 Å². The zero-order valence-corrected chi connectivity index (χ0v) is 19.0. The molecular weight excluding hydrogens is 452 g/mol. The van der Waals surface area contributed by atoms with Gasteiger partial charge in [0.1, 0.15) is 0 Å². The molecule has 0 spiro atoms. The number of benzene rings is 2. The highest BCUT2D eigenvalue weighted by Gasteiger charge is 2.32. The monoisotopic (exact) mass is 470 g/mol. The molecule has 0 radical (unpaired) electrons. The second kappa shape index (κ2) is 7.79. The molecule has 1 aliphatic carbocycles. The van der Waals surface area contributed by atoms with Crippen molar-refractivity contribution in [2.45, 2.75) is 18.9 Å². The van der Waals surface area contributed by atoms with Gasteiger partial charge in [-0.25, -0.2) is 9.79 Å². The normalized spacial score (nSPS) is 17.2. The Morgan fingerprint density at radius 3 is 2.64 bits per heavy atom. The lowest BCUT2D eigenvalue weighted by Crippen LogP contribution is -2.38. The number of carbonyl (C=O) groups is 1. The molecule has 6 rings (SSSR count). The van der Waals surface area contributed by atoms with Gasteiger partial charge in [-0.3, -0.25) is 9.36 Å². The zero-order valence-electron chi connectivity index (χ0n) is 17.4. The maximum atomic E-state index is 13.6. The number of hydrogen-bond acceptors (Lipinski definition) is 5. The van der Waals surface area contributed by atoms with Crippen LogP contribution in [0.2, 0.25) is 0 Å². The first-order valence-corrected chi connectivity index (χ1v) is 12.3. The van der Waals surface area contributed by atoms with Crippen LogP contribution in [0.1, 0.15) is 44.4 Å². The molecule has 1 N–H and O–H groups in total. The molecule has 1 atom stereocenters. The van der Waals surface area contributed by atoms with Gasteiger partial charge in [0.25, 0.3) is 5.56 Å². The molecule has 0 fully saturated rings. The molecule has 162 valence electrons. The fourth-order valence-corrected chi connectivity index (χ4v) is 6.44. The van der Waals surface area contributed by atoms with Gasteiger partial charge in [-0.05, 0) is 59.2 Å². The van der Waals surface area contributed by atoms with E-state index in [1.165, 1.54) is 22.5 Å². The van der Waals surface area contributed by atoms with Crippen LogP contribution < -0.4 is 14.9 Å². The highest BCUT2D eigenvalue weighted by Crippen LogP contribution is 2.42. The minimum Gasteiger partial charge on any atom is -0.478 e. The van der Waals surface area contributed by atoms with Crippen molar-refractivity contribution in [2.75, 3.05) is 0 Å². The Morgan fingerprint density at radius 2 is 1.88 bits per heavy atom. The van der Waals surface area contributed by atoms with E-state index in [-0.39, 0.29) is 17.2 Å². The van der Waals surface area contributed by atoms with Crippen LogP contribution in [0.25, 0.3) is 11.8 Å². The predicted octanol–water partition coefficient (Wildman–Crippen LogP) is 4.08. The van der Waals surface area contributed by atoms with E-state index in [1.54, 1.807) is 35.6 Å². The number of thiophene rings is 1. The van der Waals surface area contributed by atoms with Crippen LogP contribution >= 0.6 is 22.7 Å². The Balaban J connectivity index is 1.57. The molecule has 2 aliphatic rings. The third-order valence-corrected chi connectivity index (χ3v) is 8.05. The minimum absolute atomic E-state index is 0.0649. The van der Waals surface area contributed by atoms with Gasteiger partial charge in [-0.2, -0.15) is 0 Å². The maximum absolute atomic E-state index is 13.6. The van der Waals surface area contributed by atoms with Gasteiger partial charge < -0.3 is 5.11 Å². The summed E-state index contributed by atoms with van der Waals surface area (Å²) < 4.78 is 2.42. The summed E-state index contributed by atoms with van der Waals surface area (Å²) in [5.41, 5.74) is 5.58. The number of fused-ring (bicyclic) bond motifs is 3. The zero-order chi connectivity index (χ0) is 22.5. The van der Waals surface area contributed by atoms with Crippen molar-refractivity contribution in [3.05, 3.63) is 118 Å². The molecule has 2 aromatic heterocycles. The first kappa shape index (κ1) is 20.1. The van der Waals surface area contributed by atoms with Crippen molar-refractivity contribution in [3.63, 3.8) is 0 Å². The first-order chi connectivity index (χ1) is 16.1. The molecule has 0 saturated carbocycles. The molecular formula is C26H18N2O3S2. The van der Waals surface area contributed by atoms with Crippen LogP contribution in [-0.4, -0.2) is 15.6 Å². The lowest BCUT2D eigenvalue weighted by atomic mass is 9.85. The fourth-order valence-electron chi connectivity index (χ4n) is 4.59. The standard InChI is InChI=1S/C26H18N2O3S2/c29-24-21(14-15-7-9-17(10-8-15)25(30)31)33-26-27-22-18-5-2-1-4-16(18)11-12-19(22)23(28(24)26)20-6-3-13-32-20/h1-10,13-14,23H,11-12H2,(H,30,31)/b21-14+/t23-/m1/s1. The first-order valence-electron chi connectivity index (χ1n) is 10.6. The van der Waals surface area contributed by atoms with Crippen LogP contribution in [-0.2, 0) is 6.42 Å². The molecule has 0 saturated heterocycles. The fraction of sp³-hybridized carbons (Fsp3) is 0.115. The lowest BCUT2D eigenvalue weighted by molar-refractivity contribution is 0.0697. The Hall–Kier alpha value is -3.55. The van der Waals surface area contributed by atoms with Gasteiger partial charge in [-0.15, -0.1) is 11.3 Å². The topological polar surface area (TPSA) is 71.7 Å². The molecule has 1 aliphatic heterocycles. The second-order valence-electron chi connectivity index (χ2n) is 8.06. The van der Waals surface area contributed by atoms with E-state index in [0.717, 1.165) is 34.5 Å². The Labute approximate surface area is 196 Å². The summed E-state index contributed by atoms with van der Waals surface area (Å²) >= 11 is 3.04. The van der Waals surface area contributed by atoms with Crippen LogP contribution in [0.15, 0.2) is 81.4 Å². The average Bonchev–Trinajstić information content (AvgIpc) is 3.47. The molecule has 3 heterocycles. The number of hydrogen-bond donors (Lipinski definition) is 1. The number of aromatic nitrogens is 1. The third-order valence-electron chi connectivity index (χ3n) is 6.14.